The van der Waals surface area contributed by atoms with Gasteiger partial charge in [-0.3, -0.25) is 4.79 Å². The van der Waals surface area contributed by atoms with Crippen molar-refractivity contribution in [3.8, 4) is 11.4 Å². The monoisotopic (exact) mass is 466 g/mol. The fourth-order valence-electron chi connectivity index (χ4n) is 4.56. The molecule has 0 aliphatic carbocycles. The number of benzene rings is 1. The van der Waals surface area contributed by atoms with Crippen molar-refractivity contribution in [3.05, 3.63) is 35.7 Å². The Balaban J connectivity index is 1.56. The predicted molar refractivity (Wildman–Crippen MR) is 132 cm³/mol. The van der Waals surface area contributed by atoms with Crippen LogP contribution < -0.4 is 15.0 Å². The zero-order valence-corrected chi connectivity index (χ0v) is 20.5. The molecule has 0 unspecified atom stereocenters. The van der Waals surface area contributed by atoms with Gasteiger partial charge in [-0.2, -0.15) is 10.2 Å². The van der Waals surface area contributed by atoms with Crippen LogP contribution in [0.2, 0.25) is 0 Å². The number of fused-ring (bicyclic) bond motifs is 1. The molecule has 0 saturated carbocycles. The van der Waals surface area contributed by atoms with Crippen molar-refractivity contribution in [1.82, 2.24) is 25.3 Å². The van der Waals surface area contributed by atoms with Crippen LogP contribution in [-0.4, -0.2) is 65.8 Å². The number of carbonyl (C=O) groups excluding carboxylic acids is 1. The Bertz CT molecular complexity index is 1130. The van der Waals surface area contributed by atoms with Crippen LogP contribution in [0.5, 0.6) is 5.75 Å². The third-order valence-electron chi connectivity index (χ3n) is 6.36. The molecule has 3 aromatic rings. The molecule has 1 atom stereocenters. The summed E-state index contributed by atoms with van der Waals surface area (Å²) in [5.74, 6) is 1.56. The van der Waals surface area contributed by atoms with Crippen molar-refractivity contribution in [2.75, 3.05) is 44.9 Å². The molecule has 34 heavy (non-hydrogen) atoms. The second-order valence-corrected chi connectivity index (χ2v) is 8.65. The quantitative estimate of drug-likeness (QED) is 0.484. The van der Waals surface area contributed by atoms with Crippen LogP contribution in [0.1, 0.15) is 37.6 Å². The van der Waals surface area contributed by atoms with E-state index in [0.717, 1.165) is 65.4 Å². The molecule has 1 aliphatic heterocycles. The summed E-state index contributed by atoms with van der Waals surface area (Å²) in [7, 11) is 1.66. The highest BCUT2D eigenvalue weighted by molar-refractivity contribution is 5.92. The van der Waals surface area contributed by atoms with Crippen LogP contribution in [-0.2, 0) is 9.53 Å². The lowest BCUT2D eigenvalue weighted by molar-refractivity contribution is -0.125. The Kier molecular flexibility index (Phi) is 7.62. The summed E-state index contributed by atoms with van der Waals surface area (Å²) in [5, 5.41) is 18.0. The number of amides is 1. The lowest BCUT2D eigenvalue weighted by atomic mass is 9.97. The average molecular weight is 467 g/mol. The Morgan fingerprint density at radius 1 is 1.21 bits per heavy atom. The molecule has 0 spiro atoms. The third kappa shape index (κ3) is 4.99. The summed E-state index contributed by atoms with van der Waals surface area (Å²) >= 11 is 0. The molecular formula is C25H34N6O3. The van der Waals surface area contributed by atoms with Crippen molar-refractivity contribution in [3.63, 3.8) is 0 Å². The van der Waals surface area contributed by atoms with Gasteiger partial charge in [-0.1, -0.05) is 0 Å². The van der Waals surface area contributed by atoms with Gasteiger partial charge in [0, 0.05) is 32.8 Å². The SMILES string of the molecule is CCOCCCNC(=O)[C@H]1CCCN(c2nnc(C)c3c(C)n(-c4ccc(OC)cc4)nc23)C1. The average Bonchev–Trinajstić information content (AvgIpc) is 3.22. The minimum Gasteiger partial charge on any atom is -0.497 e. The van der Waals surface area contributed by atoms with Crippen molar-refractivity contribution in [2.24, 2.45) is 5.92 Å². The number of rotatable bonds is 9. The van der Waals surface area contributed by atoms with E-state index in [1.165, 1.54) is 0 Å². The maximum atomic E-state index is 12.8. The topological polar surface area (TPSA) is 94.4 Å². The van der Waals surface area contributed by atoms with E-state index in [4.69, 9.17) is 14.6 Å². The second-order valence-electron chi connectivity index (χ2n) is 8.65. The summed E-state index contributed by atoms with van der Waals surface area (Å²) in [6.45, 7) is 9.42. The number of methoxy groups -OCH3 is 1. The molecule has 0 bridgehead atoms. The van der Waals surface area contributed by atoms with Crippen molar-refractivity contribution in [2.45, 2.75) is 40.0 Å². The Morgan fingerprint density at radius 3 is 2.74 bits per heavy atom. The van der Waals surface area contributed by atoms with E-state index < -0.39 is 0 Å². The van der Waals surface area contributed by atoms with E-state index in [1.807, 2.05) is 49.7 Å². The summed E-state index contributed by atoms with van der Waals surface area (Å²) in [6, 6.07) is 7.82. The van der Waals surface area contributed by atoms with E-state index in [9.17, 15) is 4.79 Å². The zero-order valence-electron chi connectivity index (χ0n) is 20.5. The van der Waals surface area contributed by atoms with Crippen molar-refractivity contribution < 1.29 is 14.3 Å². The number of hydrogen-bond acceptors (Lipinski definition) is 7. The van der Waals surface area contributed by atoms with E-state index in [2.05, 4.69) is 20.4 Å². The van der Waals surface area contributed by atoms with Gasteiger partial charge in [-0.15, -0.1) is 5.10 Å². The number of nitrogens with zero attached hydrogens (tertiary/aromatic N) is 5. The summed E-state index contributed by atoms with van der Waals surface area (Å²) in [5.41, 5.74) is 3.62. The van der Waals surface area contributed by atoms with E-state index >= 15 is 0 Å². The zero-order chi connectivity index (χ0) is 24.1. The van der Waals surface area contributed by atoms with Crippen LogP contribution in [0.4, 0.5) is 5.82 Å². The minimum atomic E-state index is -0.0798. The van der Waals surface area contributed by atoms with E-state index in [0.29, 0.717) is 26.3 Å². The number of nitrogens with one attached hydrogen (secondary N) is 1. The normalized spacial score (nSPS) is 16.1. The summed E-state index contributed by atoms with van der Waals surface area (Å²) in [6.07, 6.45) is 2.62. The van der Waals surface area contributed by atoms with Crippen LogP contribution in [0.15, 0.2) is 24.3 Å². The van der Waals surface area contributed by atoms with Crippen LogP contribution in [0, 0.1) is 19.8 Å². The highest BCUT2D eigenvalue weighted by Crippen LogP contribution is 2.31. The largest absolute Gasteiger partial charge is 0.497 e. The van der Waals surface area contributed by atoms with E-state index in [1.54, 1.807) is 7.11 Å². The third-order valence-corrected chi connectivity index (χ3v) is 6.36. The van der Waals surface area contributed by atoms with Gasteiger partial charge in [-0.25, -0.2) is 4.68 Å². The molecule has 4 rings (SSSR count). The van der Waals surface area contributed by atoms with Crippen molar-refractivity contribution in [1.29, 1.82) is 0 Å². The Morgan fingerprint density at radius 2 is 2.00 bits per heavy atom. The maximum Gasteiger partial charge on any atom is 0.224 e. The fourth-order valence-corrected chi connectivity index (χ4v) is 4.56. The van der Waals surface area contributed by atoms with Crippen LogP contribution >= 0.6 is 0 Å². The van der Waals surface area contributed by atoms with Crippen LogP contribution in [0.3, 0.4) is 0 Å². The number of aryl methyl sites for hydroxylation is 2. The molecule has 1 aliphatic rings. The molecule has 182 valence electrons. The van der Waals surface area contributed by atoms with Gasteiger partial charge in [0.05, 0.1) is 35.5 Å². The first kappa shape index (κ1) is 23.9. The fraction of sp³-hybridized carbons (Fsp3) is 0.520. The molecule has 1 aromatic carbocycles. The predicted octanol–water partition coefficient (Wildman–Crippen LogP) is 3.20. The standard InChI is InChI=1S/C25H34N6O3/c1-5-34-15-7-13-26-25(32)19-8-6-14-30(16-19)24-23-22(17(2)27-28-24)18(3)31(29-23)20-9-11-21(33-4)12-10-20/h9-12,19H,5-8,13-16H2,1-4H3,(H,26,32)/t19-/m0/s1. The van der Waals surface area contributed by atoms with Gasteiger partial charge >= 0.3 is 0 Å². The molecule has 0 radical (unpaired) electrons. The number of aromatic nitrogens is 4. The van der Waals surface area contributed by atoms with Crippen LogP contribution in [0.25, 0.3) is 16.6 Å². The first-order valence-corrected chi connectivity index (χ1v) is 12.0. The molecule has 2 aromatic heterocycles. The Hall–Kier alpha value is -3.20. The lowest BCUT2D eigenvalue weighted by Gasteiger charge is -2.32. The number of hydrogen-bond donors (Lipinski definition) is 1. The first-order valence-electron chi connectivity index (χ1n) is 12.0. The van der Waals surface area contributed by atoms with E-state index in [-0.39, 0.29) is 11.8 Å². The highest BCUT2D eigenvalue weighted by Gasteiger charge is 2.29. The first-order chi connectivity index (χ1) is 16.5. The minimum absolute atomic E-state index is 0.0798. The molecule has 1 fully saturated rings. The molecule has 9 heteroatoms. The van der Waals surface area contributed by atoms with Gasteiger partial charge in [0.1, 0.15) is 11.3 Å². The van der Waals surface area contributed by atoms with Gasteiger partial charge in [0.25, 0.3) is 0 Å². The number of piperidine rings is 1. The van der Waals surface area contributed by atoms with Gasteiger partial charge in [0.2, 0.25) is 5.91 Å². The number of ether oxygens (including phenoxy) is 2. The maximum absolute atomic E-state index is 12.8. The van der Waals surface area contributed by atoms with Gasteiger partial charge in [0.15, 0.2) is 5.82 Å². The molecule has 9 nitrogen and oxygen atoms in total. The van der Waals surface area contributed by atoms with Gasteiger partial charge in [-0.05, 0) is 64.3 Å². The highest BCUT2D eigenvalue weighted by atomic mass is 16.5. The molecule has 1 saturated heterocycles. The van der Waals surface area contributed by atoms with Gasteiger partial charge < -0.3 is 19.7 Å². The molecular weight excluding hydrogens is 432 g/mol. The molecule has 1 N–H and O–H groups in total. The molecule has 1 amide bonds. The lowest BCUT2D eigenvalue weighted by Crippen LogP contribution is -2.43. The molecule has 3 heterocycles. The van der Waals surface area contributed by atoms with Crippen molar-refractivity contribution >= 4 is 22.6 Å². The number of anilines is 1. The summed E-state index contributed by atoms with van der Waals surface area (Å²) < 4.78 is 12.6. The number of carbonyl (C=O) groups is 1. The Labute approximate surface area is 200 Å². The smallest absolute Gasteiger partial charge is 0.224 e. The second kappa shape index (κ2) is 10.8. The summed E-state index contributed by atoms with van der Waals surface area (Å²) in [4.78, 5) is 14.9.